The van der Waals surface area contributed by atoms with Crippen LogP contribution in [0.1, 0.15) is 5.56 Å². The van der Waals surface area contributed by atoms with Crippen LogP contribution in [0.5, 0.6) is 0 Å². The molecular formula is C18H19N11O4. The van der Waals surface area contributed by atoms with Crippen molar-refractivity contribution >= 4 is 34.8 Å². The van der Waals surface area contributed by atoms with Crippen molar-refractivity contribution in [2.45, 2.75) is 0 Å². The number of nitrogens with zero attached hydrogens (tertiary/aromatic N) is 8. The van der Waals surface area contributed by atoms with Crippen molar-refractivity contribution in [3.63, 3.8) is 0 Å². The highest BCUT2D eigenvalue weighted by Crippen LogP contribution is 2.33. The molecule has 15 heteroatoms. The van der Waals surface area contributed by atoms with Crippen LogP contribution in [0.2, 0.25) is 0 Å². The normalized spacial score (nSPS) is 10.8. The van der Waals surface area contributed by atoms with Gasteiger partial charge in [-0.3, -0.25) is 10.1 Å². The molecule has 0 aliphatic rings. The van der Waals surface area contributed by atoms with Crippen LogP contribution in [0, 0.1) is 21.4 Å². The number of anilines is 3. The Bertz CT molecular complexity index is 1170. The lowest BCUT2D eigenvalue weighted by atomic mass is 10.3. The first-order valence-electron chi connectivity index (χ1n) is 9.50. The number of aliphatic hydroxyl groups is 2. The zero-order valence-corrected chi connectivity index (χ0v) is 17.1. The first-order valence-corrected chi connectivity index (χ1v) is 9.50. The number of rotatable bonds is 10. The molecular weight excluding hydrogens is 434 g/mol. The molecule has 2 aromatic heterocycles. The molecule has 15 nitrogen and oxygen atoms in total. The van der Waals surface area contributed by atoms with Gasteiger partial charge in [0.05, 0.1) is 30.0 Å². The summed E-state index contributed by atoms with van der Waals surface area (Å²) in [5.41, 5.74) is 6.34. The number of aromatic nitrogens is 4. The summed E-state index contributed by atoms with van der Waals surface area (Å²) < 4.78 is 1.34. The van der Waals surface area contributed by atoms with E-state index < -0.39 is 4.92 Å². The fraction of sp³-hybridized carbons (Fsp3) is 0.222. The van der Waals surface area contributed by atoms with E-state index in [-0.39, 0.29) is 66.6 Å². The van der Waals surface area contributed by atoms with E-state index in [0.29, 0.717) is 5.69 Å². The predicted octanol–water partition coefficient (Wildman–Crippen LogP) is 1.25. The van der Waals surface area contributed by atoms with Crippen molar-refractivity contribution in [2.24, 2.45) is 10.2 Å². The van der Waals surface area contributed by atoms with Crippen LogP contribution in [0.25, 0.3) is 5.69 Å². The third kappa shape index (κ3) is 5.52. The van der Waals surface area contributed by atoms with E-state index in [4.69, 9.17) is 15.9 Å². The number of benzene rings is 1. The van der Waals surface area contributed by atoms with Crippen molar-refractivity contribution in [2.75, 3.05) is 42.7 Å². The Hall–Kier alpha value is -4.68. The Morgan fingerprint density at radius 1 is 1.12 bits per heavy atom. The average molecular weight is 453 g/mol. The van der Waals surface area contributed by atoms with E-state index in [1.165, 1.54) is 35.1 Å². The maximum Gasteiger partial charge on any atom is 0.269 e. The number of nitro benzene ring substituents is 1. The van der Waals surface area contributed by atoms with Crippen molar-refractivity contribution in [3.8, 4) is 11.8 Å². The highest BCUT2D eigenvalue weighted by molar-refractivity contribution is 5.75. The minimum absolute atomic E-state index is 0.0195. The molecule has 0 saturated carbocycles. The first kappa shape index (κ1) is 23.0. The van der Waals surface area contributed by atoms with Crippen LogP contribution in [0.3, 0.4) is 0 Å². The summed E-state index contributed by atoms with van der Waals surface area (Å²) in [6.07, 6.45) is 1.41. The maximum atomic E-state index is 10.8. The average Bonchev–Trinajstić information content (AvgIpc) is 3.23. The van der Waals surface area contributed by atoms with Gasteiger partial charge in [0, 0.05) is 25.2 Å². The number of hydrogen-bond acceptors (Lipinski definition) is 13. The molecule has 33 heavy (non-hydrogen) atoms. The molecule has 0 aliphatic heterocycles. The number of non-ortho nitro benzene ring substituents is 1. The Morgan fingerprint density at radius 3 is 2.24 bits per heavy atom. The van der Waals surface area contributed by atoms with Gasteiger partial charge < -0.3 is 26.6 Å². The van der Waals surface area contributed by atoms with Gasteiger partial charge in [0.2, 0.25) is 11.8 Å². The quantitative estimate of drug-likeness (QED) is 0.167. The molecule has 0 bridgehead atoms. The summed E-state index contributed by atoms with van der Waals surface area (Å²) in [6.45, 7) is -0.0660. The van der Waals surface area contributed by atoms with Gasteiger partial charge in [-0.05, 0) is 12.1 Å². The maximum absolute atomic E-state index is 10.8. The van der Waals surface area contributed by atoms with Gasteiger partial charge in [-0.2, -0.15) is 15.2 Å². The van der Waals surface area contributed by atoms with Gasteiger partial charge in [0.15, 0.2) is 17.3 Å². The molecule has 0 radical (unpaired) electrons. The third-order valence-electron chi connectivity index (χ3n) is 4.09. The van der Waals surface area contributed by atoms with Gasteiger partial charge in [0.1, 0.15) is 11.6 Å². The zero-order valence-electron chi connectivity index (χ0n) is 17.1. The zero-order chi connectivity index (χ0) is 23.8. The van der Waals surface area contributed by atoms with Crippen LogP contribution in [0.4, 0.5) is 34.8 Å². The minimum Gasteiger partial charge on any atom is -0.395 e. The topological polar surface area (TPSA) is 226 Å². The van der Waals surface area contributed by atoms with Gasteiger partial charge in [-0.15, -0.1) is 15.3 Å². The van der Waals surface area contributed by atoms with E-state index in [1.54, 1.807) is 0 Å². The molecule has 0 aliphatic carbocycles. The van der Waals surface area contributed by atoms with Crippen LogP contribution in [-0.2, 0) is 0 Å². The molecule has 170 valence electrons. The van der Waals surface area contributed by atoms with Gasteiger partial charge >= 0.3 is 0 Å². The summed E-state index contributed by atoms with van der Waals surface area (Å²) in [6, 6.07) is 7.55. The number of nitrogen functional groups attached to an aromatic ring is 1. The molecule has 1 aromatic carbocycles. The van der Waals surface area contributed by atoms with Crippen LogP contribution < -0.4 is 16.4 Å². The third-order valence-corrected chi connectivity index (χ3v) is 4.09. The largest absolute Gasteiger partial charge is 0.395 e. The number of azo groups is 1. The van der Waals surface area contributed by atoms with Crippen molar-refractivity contribution < 1.29 is 15.1 Å². The number of nitriles is 1. The van der Waals surface area contributed by atoms with Gasteiger partial charge in [-0.1, -0.05) is 0 Å². The van der Waals surface area contributed by atoms with E-state index >= 15 is 0 Å². The van der Waals surface area contributed by atoms with Crippen LogP contribution in [0.15, 0.2) is 40.7 Å². The second-order valence-corrected chi connectivity index (χ2v) is 6.32. The highest BCUT2D eigenvalue weighted by Gasteiger charge is 2.15. The number of aliphatic hydroxyl groups excluding tert-OH is 2. The fourth-order valence-electron chi connectivity index (χ4n) is 2.64. The predicted molar refractivity (Wildman–Crippen MR) is 117 cm³/mol. The van der Waals surface area contributed by atoms with Gasteiger partial charge in [0.25, 0.3) is 5.69 Å². The minimum atomic E-state index is -0.521. The second-order valence-electron chi connectivity index (χ2n) is 6.32. The highest BCUT2D eigenvalue weighted by atomic mass is 16.6. The molecule has 6 N–H and O–H groups in total. The number of nitrogens with one attached hydrogen (secondary N) is 2. The van der Waals surface area contributed by atoms with Crippen molar-refractivity contribution in [3.05, 3.63) is 46.1 Å². The summed E-state index contributed by atoms with van der Waals surface area (Å²) in [5.74, 6) is 0.256. The lowest BCUT2D eigenvalue weighted by Gasteiger charge is -2.12. The Labute approximate surface area is 186 Å². The fourth-order valence-corrected chi connectivity index (χ4v) is 2.64. The van der Waals surface area contributed by atoms with Gasteiger partial charge in [-0.25, -0.2) is 4.68 Å². The molecule has 2 heterocycles. The smallest absolute Gasteiger partial charge is 0.269 e. The van der Waals surface area contributed by atoms with Crippen LogP contribution >= 0.6 is 0 Å². The number of nitrogens with two attached hydrogens (primary N) is 1. The van der Waals surface area contributed by atoms with Crippen LogP contribution in [-0.4, -0.2) is 61.2 Å². The molecule has 0 amide bonds. The number of hydrogen-bond donors (Lipinski definition) is 5. The SMILES string of the molecule is N#Cc1cn(-c2ccc([N+](=O)[O-])cc2)nc1/N=N/c1c(NCCO)nc(N)nc1NCCO. The number of nitro groups is 1. The first-order chi connectivity index (χ1) is 16.0. The second kappa shape index (κ2) is 10.6. The molecule has 0 fully saturated rings. The molecule has 0 unspecified atom stereocenters. The lowest BCUT2D eigenvalue weighted by molar-refractivity contribution is -0.384. The standard InChI is InChI=1S/C18H19N11O4/c19-9-11-10-28(12-1-3-13(4-2-12)29(32)33)27-15(11)26-25-14-16(21-5-7-30)23-18(20)24-17(14)22-6-8-31/h1-4,10,30-31H,5-8H2,(H4,20,21,22,23,24)/b26-25+. The van der Waals surface area contributed by atoms with E-state index in [0.717, 1.165) is 0 Å². The Kier molecular flexibility index (Phi) is 7.36. The summed E-state index contributed by atoms with van der Waals surface area (Å²) in [4.78, 5) is 18.4. The molecule has 0 saturated heterocycles. The van der Waals surface area contributed by atoms with E-state index in [2.05, 4.69) is 35.9 Å². The molecule has 0 atom stereocenters. The summed E-state index contributed by atoms with van der Waals surface area (Å²) in [7, 11) is 0. The Balaban J connectivity index is 1.98. The summed E-state index contributed by atoms with van der Waals surface area (Å²) >= 11 is 0. The monoisotopic (exact) mass is 453 g/mol. The van der Waals surface area contributed by atoms with Crippen molar-refractivity contribution in [1.82, 2.24) is 19.7 Å². The summed E-state index contributed by atoms with van der Waals surface area (Å²) in [5, 5.41) is 56.6. The van der Waals surface area contributed by atoms with Crippen molar-refractivity contribution in [1.29, 1.82) is 5.26 Å². The molecule has 0 spiro atoms. The molecule has 3 aromatic rings. The molecule has 3 rings (SSSR count). The lowest BCUT2D eigenvalue weighted by Crippen LogP contribution is -2.13. The van der Waals surface area contributed by atoms with E-state index in [9.17, 15) is 15.4 Å². The Morgan fingerprint density at radius 2 is 1.73 bits per heavy atom. The van der Waals surface area contributed by atoms with E-state index in [1.807, 2.05) is 6.07 Å².